The Morgan fingerprint density at radius 2 is 1.78 bits per heavy atom. The van der Waals surface area contributed by atoms with Gasteiger partial charge >= 0.3 is 0 Å². The highest BCUT2D eigenvalue weighted by molar-refractivity contribution is 4.74. The number of hydrogen-bond acceptors (Lipinski definition) is 0. The van der Waals surface area contributed by atoms with Crippen molar-refractivity contribution in [2.45, 2.75) is 39.3 Å². The molecular weight excluding hydrogens is 115 g/mol. The Morgan fingerprint density at radius 3 is 2.22 bits per heavy atom. The van der Waals surface area contributed by atoms with Crippen LogP contribution in [-0.2, 0) is 0 Å². The van der Waals surface area contributed by atoms with Gasteiger partial charge < -0.3 is 0 Å². The van der Waals surface area contributed by atoms with Crippen molar-refractivity contribution in [3.63, 3.8) is 0 Å². The minimum Gasteiger partial charge on any atom is -0.247 e. The van der Waals surface area contributed by atoms with Crippen LogP contribution in [0.25, 0.3) is 0 Å². The van der Waals surface area contributed by atoms with E-state index in [-0.39, 0.29) is 0 Å². The first-order valence-corrected chi connectivity index (χ1v) is 3.84. The summed E-state index contributed by atoms with van der Waals surface area (Å²) in [5, 5.41) is 0. The Balaban J connectivity index is 2.35. The average Bonchev–Trinajstić information content (AvgIpc) is 1.80. The van der Waals surface area contributed by atoms with Gasteiger partial charge in [-0.3, -0.25) is 0 Å². The van der Waals surface area contributed by atoms with Gasteiger partial charge in [-0.2, -0.15) is 0 Å². The van der Waals surface area contributed by atoms with Crippen LogP contribution in [0, 0.1) is 11.8 Å². The highest BCUT2D eigenvalue weighted by Crippen LogP contribution is 2.30. The summed E-state index contributed by atoms with van der Waals surface area (Å²) in [6.07, 6.45) is 2.17. The molecule has 0 radical (unpaired) electrons. The van der Waals surface area contributed by atoms with Crippen molar-refractivity contribution in [1.29, 1.82) is 0 Å². The molecule has 0 amide bonds. The minimum atomic E-state index is -0.504. The second-order valence-electron chi connectivity index (χ2n) is 3.36. The van der Waals surface area contributed by atoms with Crippen LogP contribution in [0.4, 0.5) is 4.39 Å². The van der Waals surface area contributed by atoms with Gasteiger partial charge in [0.15, 0.2) is 0 Å². The zero-order valence-electron chi connectivity index (χ0n) is 6.23. The average molecular weight is 130 g/mol. The fourth-order valence-electron chi connectivity index (χ4n) is 1.48. The van der Waals surface area contributed by atoms with Crippen molar-refractivity contribution in [1.82, 2.24) is 0 Å². The Bertz CT molecular complexity index is 90.6. The van der Waals surface area contributed by atoms with Crippen molar-refractivity contribution in [2.75, 3.05) is 0 Å². The fourth-order valence-corrected chi connectivity index (χ4v) is 1.48. The third kappa shape index (κ3) is 1.67. The molecule has 54 valence electrons. The molecule has 0 aromatic carbocycles. The lowest BCUT2D eigenvalue weighted by atomic mass is 9.81. The maximum absolute atomic E-state index is 12.6. The molecule has 0 aromatic heterocycles. The van der Waals surface area contributed by atoms with E-state index in [4.69, 9.17) is 0 Å². The smallest absolute Gasteiger partial charge is 0.100 e. The number of rotatable bonds is 0. The van der Waals surface area contributed by atoms with Gasteiger partial charge in [-0.1, -0.05) is 13.8 Å². The second-order valence-corrected chi connectivity index (χ2v) is 3.36. The van der Waals surface area contributed by atoms with Crippen LogP contribution in [0.3, 0.4) is 0 Å². The summed E-state index contributed by atoms with van der Waals surface area (Å²) in [4.78, 5) is 0. The topological polar surface area (TPSA) is 0 Å². The SMILES string of the molecule is C[C@@H]1CCC(F)C[C@@H]1C. The normalized spacial score (nSPS) is 45.0. The standard InChI is InChI=1S/C8H15F/c1-6-3-4-8(9)5-7(6)2/h6-8H,3-5H2,1-2H3/t6-,7+,8?/m1/s1. The molecule has 0 nitrogen and oxygen atoms in total. The van der Waals surface area contributed by atoms with Crippen molar-refractivity contribution in [2.24, 2.45) is 11.8 Å². The van der Waals surface area contributed by atoms with Gasteiger partial charge in [0.2, 0.25) is 0 Å². The van der Waals surface area contributed by atoms with E-state index < -0.39 is 6.17 Å². The van der Waals surface area contributed by atoms with E-state index in [1.165, 1.54) is 0 Å². The molecule has 1 aliphatic rings. The van der Waals surface area contributed by atoms with Gasteiger partial charge in [0.25, 0.3) is 0 Å². The Hall–Kier alpha value is -0.0700. The summed E-state index contributed by atoms with van der Waals surface area (Å²) in [5.74, 6) is 1.35. The molecule has 1 unspecified atom stereocenters. The maximum Gasteiger partial charge on any atom is 0.100 e. The summed E-state index contributed by atoms with van der Waals surface area (Å²) < 4.78 is 12.6. The third-order valence-electron chi connectivity index (χ3n) is 2.53. The monoisotopic (exact) mass is 130 g/mol. The molecule has 1 rings (SSSR count). The minimum absolute atomic E-state index is 0.504. The Kier molecular flexibility index (Phi) is 2.09. The summed E-state index contributed by atoms with van der Waals surface area (Å²) in [6, 6.07) is 0. The number of alkyl halides is 1. The zero-order chi connectivity index (χ0) is 6.85. The number of hydrogen-bond donors (Lipinski definition) is 0. The molecule has 0 bridgehead atoms. The van der Waals surface area contributed by atoms with E-state index in [1.54, 1.807) is 0 Å². The van der Waals surface area contributed by atoms with Crippen LogP contribution in [0.1, 0.15) is 33.1 Å². The van der Waals surface area contributed by atoms with E-state index in [2.05, 4.69) is 13.8 Å². The summed E-state index contributed by atoms with van der Waals surface area (Å²) >= 11 is 0. The van der Waals surface area contributed by atoms with Crippen molar-refractivity contribution in [3.05, 3.63) is 0 Å². The first-order chi connectivity index (χ1) is 4.20. The molecule has 0 aliphatic heterocycles. The van der Waals surface area contributed by atoms with Crippen LogP contribution in [0.2, 0.25) is 0 Å². The predicted molar refractivity (Wildman–Crippen MR) is 37.1 cm³/mol. The molecule has 1 fully saturated rings. The van der Waals surface area contributed by atoms with Crippen LogP contribution in [-0.4, -0.2) is 6.17 Å². The molecule has 1 saturated carbocycles. The highest BCUT2D eigenvalue weighted by atomic mass is 19.1. The fraction of sp³-hybridized carbons (Fsp3) is 1.00. The predicted octanol–water partition coefficient (Wildman–Crippen LogP) is 2.78. The van der Waals surface area contributed by atoms with E-state index in [0.717, 1.165) is 25.2 Å². The second kappa shape index (κ2) is 2.68. The van der Waals surface area contributed by atoms with Crippen LogP contribution in [0.15, 0.2) is 0 Å². The number of halogens is 1. The molecule has 1 heteroatoms. The summed E-state index contributed by atoms with van der Waals surface area (Å²) in [6.45, 7) is 4.37. The van der Waals surface area contributed by atoms with Crippen LogP contribution in [0.5, 0.6) is 0 Å². The quantitative estimate of drug-likeness (QED) is 0.473. The first-order valence-electron chi connectivity index (χ1n) is 3.84. The molecule has 0 saturated heterocycles. The van der Waals surface area contributed by atoms with Gasteiger partial charge in [0.1, 0.15) is 6.17 Å². The summed E-state index contributed by atoms with van der Waals surface area (Å²) in [5.41, 5.74) is 0. The molecule has 1 aliphatic carbocycles. The molecule has 0 heterocycles. The van der Waals surface area contributed by atoms with Gasteiger partial charge in [-0.05, 0) is 31.1 Å². The van der Waals surface area contributed by atoms with E-state index >= 15 is 0 Å². The third-order valence-corrected chi connectivity index (χ3v) is 2.53. The molecule has 9 heavy (non-hydrogen) atoms. The van der Waals surface area contributed by atoms with E-state index in [0.29, 0.717) is 5.92 Å². The lowest BCUT2D eigenvalue weighted by molar-refractivity contribution is 0.161. The van der Waals surface area contributed by atoms with Crippen LogP contribution >= 0.6 is 0 Å². The van der Waals surface area contributed by atoms with E-state index in [1.807, 2.05) is 0 Å². The largest absolute Gasteiger partial charge is 0.247 e. The molecule has 3 atom stereocenters. The summed E-state index contributed by atoms with van der Waals surface area (Å²) in [7, 11) is 0. The van der Waals surface area contributed by atoms with Crippen molar-refractivity contribution >= 4 is 0 Å². The Morgan fingerprint density at radius 1 is 1.11 bits per heavy atom. The van der Waals surface area contributed by atoms with E-state index in [9.17, 15) is 4.39 Å². The molecule has 0 N–H and O–H groups in total. The first kappa shape index (κ1) is 7.04. The zero-order valence-corrected chi connectivity index (χ0v) is 6.23. The molecule has 0 spiro atoms. The molecular formula is C8H15F. The molecule has 0 aromatic rings. The van der Waals surface area contributed by atoms with Crippen molar-refractivity contribution < 1.29 is 4.39 Å². The van der Waals surface area contributed by atoms with Crippen LogP contribution < -0.4 is 0 Å². The Labute approximate surface area is 56.5 Å². The van der Waals surface area contributed by atoms with Gasteiger partial charge in [0.05, 0.1) is 0 Å². The maximum atomic E-state index is 12.6. The lowest BCUT2D eigenvalue weighted by Gasteiger charge is -2.27. The van der Waals surface area contributed by atoms with Gasteiger partial charge in [-0.25, -0.2) is 4.39 Å². The van der Waals surface area contributed by atoms with Gasteiger partial charge in [-0.15, -0.1) is 0 Å². The van der Waals surface area contributed by atoms with Gasteiger partial charge in [0, 0.05) is 0 Å². The van der Waals surface area contributed by atoms with Crippen molar-refractivity contribution in [3.8, 4) is 0 Å². The highest BCUT2D eigenvalue weighted by Gasteiger charge is 2.23. The lowest BCUT2D eigenvalue weighted by Crippen LogP contribution is -2.21.